The monoisotopic (exact) mass is 415 g/mol. The molecule has 1 fully saturated rings. The largest absolute Gasteiger partial charge is 0.486 e. The van der Waals surface area contributed by atoms with E-state index in [0.717, 1.165) is 19.4 Å². The fraction of sp³-hybridized carbons (Fsp3) is 0.529. The molecule has 1 aromatic carbocycles. The number of nitrogens with zero attached hydrogens (tertiary/aromatic N) is 4. The van der Waals surface area contributed by atoms with E-state index in [-0.39, 0.29) is 25.1 Å². The summed E-state index contributed by atoms with van der Waals surface area (Å²) < 4.78 is 35.0. The van der Waals surface area contributed by atoms with E-state index in [0.29, 0.717) is 29.6 Å². The molecule has 27 heavy (non-hydrogen) atoms. The summed E-state index contributed by atoms with van der Waals surface area (Å²) in [6.07, 6.45) is 3.10. The van der Waals surface area contributed by atoms with E-state index in [1.165, 1.54) is 6.33 Å². The molecular weight excluding hydrogens is 390 g/mol. The fourth-order valence-corrected chi connectivity index (χ4v) is 4.79. The van der Waals surface area contributed by atoms with Crippen molar-refractivity contribution in [2.24, 2.45) is 7.05 Å². The number of ether oxygens (including phenoxy) is 1. The molecule has 2 aromatic rings. The molecule has 8 nitrogen and oxygen atoms in total. The lowest BCUT2D eigenvalue weighted by Crippen LogP contribution is -2.41. The zero-order valence-corrected chi connectivity index (χ0v) is 17.2. The molecule has 1 aliphatic heterocycles. The highest BCUT2D eigenvalue weighted by Crippen LogP contribution is 2.24. The second kappa shape index (κ2) is 9.50. The van der Waals surface area contributed by atoms with Crippen molar-refractivity contribution >= 4 is 22.4 Å². The summed E-state index contributed by atoms with van der Waals surface area (Å²) in [7, 11) is -1.72. The molecule has 1 aromatic heterocycles. The third kappa shape index (κ3) is 4.98. The quantitative estimate of drug-likeness (QED) is 0.704. The predicted molar refractivity (Wildman–Crippen MR) is 104 cm³/mol. The van der Waals surface area contributed by atoms with Crippen molar-refractivity contribution in [3.8, 4) is 5.75 Å². The summed E-state index contributed by atoms with van der Waals surface area (Å²) in [4.78, 5) is 4.39. The second-order valence-corrected chi connectivity index (χ2v) is 8.21. The van der Waals surface area contributed by atoms with Crippen LogP contribution in [-0.2, 0) is 23.7 Å². The minimum atomic E-state index is -3.52. The minimum absolute atomic E-state index is 0. The Morgan fingerprint density at radius 3 is 2.63 bits per heavy atom. The molecule has 0 saturated carbocycles. The van der Waals surface area contributed by atoms with Gasteiger partial charge in [-0.3, -0.25) is 4.68 Å². The number of aromatic nitrogens is 3. The van der Waals surface area contributed by atoms with Crippen molar-refractivity contribution in [1.29, 1.82) is 0 Å². The molecule has 1 N–H and O–H groups in total. The second-order valence-electron chi connectivity index (χ2n) is 6.32. The summed E-state index contributed by atoms with van der Waals surface area (Å²) in [6.45, 7) is 4.36. The Kier molecular flexibility index (Phi) is 7.60. The lowest BCUT2D eigenvalue weighted by atomic mass is 10.2. The zero-order valence-electron chi connectivity index (χ0n) is 15.5. The highest BCUT2D eigenvalue weighted by Gasteiger charge is 2.32. The van der Waals surface area contributed by atoms with Gasteiger partial charge >= 0.3 is 0 Å². The third-order valence-corrected chi connectivity index (χ3v) is 6.46. The van der Waals surface area contributed by atoms with Crippen LogP contribution in [0.1, 0.15) is 25.6 Å². The summed E-state index contributed by atoms with van der Waals surface area (Å²) in [6, 6.07) is 6.59. The van der Waals surface area contributed by atoms with E-state index in [2.05, 4.69) is 15.4 Å². The zero-order chi connectivity index (χ0) is 18.6. The molecule has 1 atom stereocenters. The summed E-state index contributed by atoms with van der Waals surface area (Å²) >= 11 is 0. The van der Waals surface area contributed by atoms with Crippen molar-refractivity contribution < 1.29 is 13.2 Å². The van der Waals surface area contributed by atoms with Crippen LogP contribution in [0, 0.1) is 0 Å². The van der Waals surface area contributed by atoms with Gasteiger partial charge in [-0.15, -0.1) is 12.4 Å². The highest BCUT2D eigenvalue weighted by atomic mass is 35.5. The Bertz CT molecular complexity index is 819. The van der Waals surface area contributed by atoms with Crippen LogP contribution in [0.2, 0.25) is 0 Å². The number of hydrogen-bond donors (Lipinski definition) is 1. The van der Waals surface area contributed by atoms with E-state index in [1.807, 2.05) is 6.92 Å². The molecule has 0 spiro atoms. The summed E-state index contributed by atoms with van der Waals surface area (Å²) in [5.41, 5.74) is 0. The minimum Gasteiger partial charge on any atom is -0.486 e. The van der Waals surface area contributed by atoms with Gasteiger partial charge in [-0.1, -0.05) is 6.92 Å². The Morgan fingerprint density at radius 2 is 2.07 bits per heavy atom. The van der Waals surface area contributed by atoms with Crippen LogP contribution in [0.3, 0.4) is 0 Å². The van der Waals surface area contributed by atoms with E-state index in [1.54, 1.807) is 40.3 Å². The van der Waals surface area contributed by atoms with Crippen molar-refractivity contribution in [3.63, 3.8) is 0 Å². The maximum atomic E-state index is 13.0. The number of sulfonamides is 1. The predicted octanol–water partition coefficient (Wildman–Crippen LogP) is 1.58. The van der Waals surface area contributed by atoms with Crippen LogP contribution < -0.4 is 10.1 Å². The molecular formula is C17H26ClN5O3S. The van der Waals surface area contributed by atoms with Gasteiger partial charge in [-0.25, -0.2) is 13.4 Å². The normalized spacial score (nSPS) is 17.1. The number of aryl methyl sites for hydroxylation is 1. The standard InChI is InChI=1S/C17H25N5O3S.ClH/c1-3-10-22(14-8-9-18-11-14)26(23,24)16-6-4-15(5-7-16)25-12-17-19-13-20-21(17)2;/h4-7,13-14,18H,3,8-12H2,1-2H3;1H. The lowest BCUT2D eigenvalue weighted by molar-refractivity contribution is 0.289. The topological polar surface area (TPSA) is 89.3 Å². The van der Waals surface area contributed by atoms with E-state index >= 15 is 0 Å². The molecule has 0 bridgehead atoms. The Balaban J connectivity index is 0.00000261. The SMILES string of the molecule is CCCN(C1CCNC1)S(=O)(=O)c1ccc(OCc2ncnn2C)cc1.Cl. The smallest absolute Gasteiger partial charge is 0.243 e. The van der Waals surface area contributed by atoms with Gasteiger partial charge in [0.05, 0.1) is 4.90 Å². The van der Waals surface area contributed by atoms with Crippen molar-refractivity contribution in [2.45, 2.75) is 37.3 Å². The van der Waals surface area contributed by atoms with Crippen LogP contribution in [0.5, 0.6) is 5.75 Å². The van der Waals surface area contributed by atoms with Gasteiger partial charge in [0.1, 0.15) is 18.7 Å². The maximum Gasteiger partial charge on any atom is 0.243 e. The fourth-order valence-electron chi connectivity index (χ4n) is 3.05. The van der Waals surface area contributed by atoms with Gasteiger partial charge < -0.3 is 10.1 Å². The maximum absolute atomic E-state index is 13.0. The van der Waals surface area contributed by atoms with Crippen molar-refractivity contribution in [3.05, 3.63) is 36.4 Å². The first-order chi connectivity index (χ1) is 12.5. The Labute approximate surface area is 166 Å². The average molecular weight is 416 g/mol. The molecule has 1 saturated heterocycles. The van der Waals surface area contributed by atoms with Crippen molar-refractivity contribution in [2.75, 3.05) is 19.6 Å². The third-order valence-electron chi connectivity index (χ3n) is 4.49. The van der Waals surface area contributed by atoms with Gasteiger partial charge in [-0.05, 0) is 43.7 Å². The van der Waals surface area contributed by atoms with E-state index in [9.17, 15) is 8.42 Å². The summed E-state index contributed by atoms with van der Waals surface area (Å²) in [5, 5.41) is 7.22. The highest BCUT2D eigenvalue weighted by molar-refractivity contribution is 7.89. The molecule has 10 heteroatoms. The molecule has 1 unspecified atom stereocenters. The molecule has 0 amide bonds. The molecule has 2 heterocycles. The van der Waals surface area contributed by atoms with E-state index in [4.69, 9.17) is 4.74 Å². The first-order valence-corrected chi connectivity index (χ1v) is 10.2. The van der Waals surface area contributed by atoms with Gasteiger partial charge in [0, 0.05) is 26.2 Å². The molecule has 150 valence electrons. The first-order valence-electron chi connectivity index (χ1n) is 8.80. The van der Waals surface area contributed by atoms with E-state index < -0.39 is 10.0 Å². The van der Waals surface area contributed by atoms with Gasteiger partial charge in [0.25, 0.3) is 0 Å². The molecule has 1 aliphatic rings. The lowest BCUT2D eigenvalue weighted by Gasteiger charge is -2.27. The van der Waals surface area contributed by atoms with Crippen LogP contribution in [0.25, 0.3) is 0 Å². The van der Waals surface area contributed by atoms with Crippen LogP contribution in [0.15, 0.2) is 35.5 Å². The van der Waals surface area contributed by atoms with Gasteiger partial charge in [-0.2, -0.15) is 9.40 Å². The van der Waals surface area contributed by atoms with Crippen molar-refractivity contribution in [1.82, 2.24) is 24.4 Å². The first kappa shape index (κ1) is 21.6. The number of nitrogens with one attached hydrogen (secondary N) is 1. The average Bonchev–Trinajstić information content (AvgIpc) is 3.30. The molecule has 3 rings (SSSR count). The molecule has 0 aliphatic carbocycles. The van der Waals surface area contributed by atoms with Crippen LogP contribution in [0.4, 0.5) is 0 Å². The molecule has 0 radical (unpaired) electrons. The van der Waals surface area contributed by atoms with Gasteiger partial charge in [0.15, 0.2) is 5.82 Å². The summed E-state index contributed by atoms with van der Waals surface area (Å²) in [5.74, 6) is 1.29. The Hall–Kier alpha value is -1.68. The van der Waals surface area contributed by atoms with Crippen LogP contribution in [-0.4, -0.2) is 53.2 Å². The number of benzene rings is 1. The van der Waals surface area contributed by atoms with Crippen LogP contribution >= 0.6 is 12.4 Å². The Morgan fingerprint density at radius 1 is 1.33 bits per heavy atom. The number of rotatable bonds is 8. The number of hydrogen-bond acceptors (Lipinski definition) is 6. The van der Waals surface area contributed by atoms with Gasteiger partial charge in [0.2, 0.25) is 10.0 Å². The number of halogens is 1.